The van der Waals surface area contributed by atoms with Gasteiger partial charge in [-0.05, 0) is 60.5 Å². The van der Waals surface area contributed by atoms with Crippen molar-refractivity contribution in [2.24, 2.45) is 0 Å². The predicted molar refractivity (Wildman–Crippen MR) is 119 cm³/mol. The van der Waals surface area contributed by atoms with Gasteiger partial charge in [-0.15, -0.1) is 0 Å². The normalized spacial score (nSPS) is 18.4. The van der Waals surface area contributed by atoms with E-state index in [1.807, 2.05) is 6.92 Å². The van der Waals surface area contributed by atoms with E-state index in [1.54, 1.807) is 60.9 Å². The average molecular weight is 449 g/mol. The Kier molecular flexibility index (Phi) is 5.24. The molecule has 0 amide bonds. The van der Waals surface area contributed by atoms with Gasteiger partial charge in [0, 0.05) is 17.6 Å². The lowest BCUT2D eigenvalue weighted by Crippen LogP contribution is -2.29. The highest BCUT2D eigenvalue weighted by molar-refractivity contribution is 7.00. The number of rotatable bonds is 7. The van der Waals surface area contributed by atoms with Crippen LogP contribution >= 0.6 is 11.7 Å². The molecule has 1 unspecified atom stereocenters. The molecule has 3 heterocycles. The molecule has 2 aromatic carbocycles. The van der Waals surface area contributed by atoms with Crippen LogP contribution in [0.15, 0.2) is 70.9 Å². The average Bonchev–Trinajstić information content (AvgIpc) is 3.53. The molecule has 1 aliphatic rings. The van der Waals surface area contributed by atoms with E-state index in [0.717, 1.165) is 23.7 Å². The number of hydrogen-bond donors (Lipinski definition) is 1. The van der Waals surface area contributed by atoms with Crippen LogP contribution in [0.3, 0.4) is 0 Å². The number of carbonyl (C=O) groups is 1. The summed E-state index contributed by atoms with van der Waals surface area (Å²) < 4.78 is 25.2. The second-order valence-corrected chi connectivity index (χ2v) is 8.01. The fraction of sp³-hybridized carbons (Fsp3) is 0.208. The fourth-order valence-corrected chi connectivity index (χ4v) is 4.31. The number of hydrogen-bond acceptors (Lipinski definition) is 8. The molecule has 2 aromatic heterocycles. The first kappa shape index (κ1) is 20.4. The van der Waals surface area contributed by atoms with Gasteiger partial charge in [-0.2, -0.15) is 8.75 Å². The summed E-state index contributed by atoms with van der Waals surface area (Å²) in [6.45, 7) is 2.63. The molecule has 0 spiro atoms. The molecule has 0 radical (unpaired) electrons. The maximum absolute atomic E-state index is 13.1. The predicted octanol–water partition coefficient (Wildman–Crippen LogP) is 4.47. The number of furan rings is 1. The zero-order valence-electron chi connectivity index (χ0n) is 17.3. The van der Waals surface area contributed by atoms with E-state index >= 15 is 0 Å². The molecule has 4 aromatic rings. The van der Waals surface area contributed by atoms with Gasteiger partial charge in [0.05, 0.1) is 30.2 Å². The van der Waals surface area contributed by atoms with E-state index in [1.165, 1.54) is 0 Å². The molecule has 1 N–H and O–H groups in total. The van der Waals surface area contributed by atoms with E-state index in [2.05, 4.69) is 8.75 Å². The molecular weight excluding hydrogens is 428 g/mol. The molecule has 5 rings (SSSR count). The maximum atomic E-state index is 13.1. The third kappa shape index (κ3) is 3.57. The van der Waals surface area contributed by atoms with Crippen LogP contribution < -0.4 is 4.74 Å². The largest absolute Gasteiger partial charge is 0.494 e. The minimum atomic E-state index is -1.93. The number of ether oxygens (including phenoxy) is 2. The highest BCUT2D eigenvalue weighted by Crippen LogP contribution is 2.45. The Morgan fingerprint density at radius 3 is 2.66 bits per heavy atom. The number of esters is 1. The van der Waals surface area contributed by atoms with E-state index in [4.69, 9.17) is 13.9 Å². The number of carbonyl (C=O) groups excluding carboxylic acids is 1. The third-order valence-corrected chi connectivity index (χ3v) is 5.90. The van der Waals surface area contributed by atoms with Crippen molar-refractivity contribution in [1.29, 1.82) is 0 Å². The van der Waals surface area contributed by atoms with Crippen molar-refractivity contribution in [1.82, 2.24) is 8.75 Å². The monoisotopic (exact) mass is 448 g/mol. The Bertz CT molecular complexity index is 1290. The minimum Gasteiger partial charge on any atom is -0.494 e. The summed E-state index contributed by atoms with van der Waals surface area (Å²) in [6, 6.07) is 15.9. The highest BCUT2D eigenvalue weighted by Gasteiger charge is 2.48. The number of aromatic nitrogens is 2. The summed E-state index contributed by atoms with van der Waals surface area (Å²) in [5.41, 5.74) is 3.17. The summed E-state index contributed by atoms with van der Waals surface area (Å²) >= 11 is 1.10. The van der Waals surface area contributed by atoms with Gasteiger partial charge < -0.3 is 19.0 Å². The zero-order valence-corrected chi connectivity index (χ0v) is 18.1. The Hall–Kier alpha value is -3.49. The van der Waals surface area contributed by atoms with Crippen LogP contribution in [-0.2, 0) is 21.7 Å². The van der Waals surface area contributed by atoms with Gasteiger partial charge in [-0.3, -0.25) is 0 Å². The van der Waals surface area contributed by atoms with Crippen molar-refractivity contribution in [3.63, 3.8) is 0 Å². The van der Waals surface area contributed by atoms with Gasteiger partial charge in [0.15, 0.2) is 0 Å². The Balaban J connectivity index is 1.62. The molecule has 0 fully saturated rings. The second-order valence-electron chi connectivity index (χ2n) is 7.48. The van der Waals surface area contributed by atoms with E-state index in [-0.39, 0.29) is 6.42 Å². The molecule has 1 aliphatic heterocycles. The smallest absolute Gasteiger partial charge is 0.342 e. The standard InChI is InChI=1S/C24H20N2O5S/c1-2-11-29-17-8-6-16(7-9-17)24(28)19(14-18-4-3-12-30-18)22(23(27)31-24)15-5-10-20-21(13-15)26-32-25-20/h3-10,12-13,28H,2,11,14H2,1H3. The van der Waals surface area contributed by atoms with Crippen molar-refractivity contribution < 1.29 is 23.8 Å². The summed E-state index contributed by atoms with van der Waals surface area (Å²) in [5.74, 6) is -1.25. The van der Waals surface area contributed by atoms with Crippen LogP contribution in [0, 0.1) is 0 Å². The van der Waals surface area contributed by atoms with Crippen LogP contribution in [0.2, 0.25) is 0 Å². The first-order chi connectivity index (χ1) is 15.6. The van der Waals surface area contributed by atoms with Crippen molar-refractivity contribution in [3.05, 3.63) is 83.3 Å². The van der Waals surface area contributed by atoms with Gasteiger partial charge in [-0.25, -0.2) is 4.79 Å². The molecule has 0 bridgehead atoms. The number of nitrogens with zero attached hydrogens (tertiary/aromatic N) is 2. The third-order valence-electron chi connectivity index (χ3n) is 5.35. The number of cyclic esters (lactones) is 1. The molecule has 0 saturated heterocycles. The molecule has 7 nitrogen and oxygen atoms in total. The van der Waals surface area contributed by atoms with Gasteiger partial charge >= 0.3 is 5.97 Å². The molecular formula is C24H20N2O5S. The number of aliphatic hydroxyl groups is 1. The lowest BCUT2D eigenvalue weighted by Gasteiger charge is -2.25. The summed E-state index contributed by atoms with van der Waals surface area (Å²) in [7, 11) is 0. The summed E-state index contributed by atoms with van der Waals surface area (Å²) in [4.78, 5) is 13.1. The fourth-order valence-electron chi connectivity index (χ4n) is 3.79. The molecule has 8 heteroatoms. The zero-order chi connectivity index (χ0) is 22.1. The van der Waals surface area contributed by atoms with Crippen molar-refractivity contribution in [3.8, 4) is 5.75 Å². The molecule has 1 atom stereocenters. The van der Waals surface area contributed by atoms with Crippen molar-refractivity contribution in [2.75, 3.05) is 6.61 Å². The maximum Gasteiger partial charge on any atom is 0.342 e. The minimum absolute atomic E-state index is 0.200. The van der Waals surface area contributed by atoms with Crippen LogP contribution in [0.25, 0.3) is 16.6 Å². The highest BCUT2D eigenvalue weighted by atomic mass is 32.1. The summed E-state index contributed by atoms with van der Waals surface area (Å²) in [6.07, 6.45) is 2.65. The van der Waals surface area contributed by atoms with Crippen LogP contribution in [0.5, 0.6) is 5.75 Å². The van der Waals surface area contributed by atoms with Crippen LogP contribution in [-0.4, -0.2) is 26.4 Å². The molecule has 0 saturated carbocycles. The second kappa shape index (κ2) is 8.22. The summed E-state index contributed by atoms with van der Waals surface area (Å²) in [5, 5.41) is 11.7. The lowest BCUT2D eigenvalue weighted by molar-refractivity contribution is -0.185. The van der Waals surface area contributed by atoms with E-state index in [0.29, 0.717) is 45.9 Å². The van der Waals surface area contributed by atoms with E-state index in [9.17, 15) is 9.90 Å². The number of fused-ring (bicyclic) bond motifs is 1. The Morgan fingerprint density at radius 2 is 1.91 bits per heavy atom. The van der Waals surface area contributed by atoms with Crippen LogP contribution in [0.1, 0.15) is 30.2 Å². The Morgan fingerprint density at radius 1 is 1.09 bits per heavy atom. The van der Waals surface area contributed by atoms with Gasteiger partial charge in [-0.1, -0.05) is 13.0 Å². The lowest BCUT2D eigenvalue weighted by atomic mass is 9.89. The van der Waals surface area contributed by atoms with Crippen molar-refractivity contribution >= 4 is 34.3 Å². The molecule has 162 valence electrons. The van der Waals surface area contributed by atoms with E-state index < -0.39 is 11.8 Å². The molecule has 0 aliphatic carbocycles. The molecule has 32 heavy (non-hydrogen) atoms. The van der Waals surface area contributed by atoms with Crippen molar-refractivity contribution in [2.45, 2.75) is 25.6 Å². The SMILES string of the molecule is CCCOc1ccc(C2(O)OC(=O)C(c3ccc4nsnc4c3)=C2Cc2ccco2)cc1. The topological polar surface area (TPSA) is 94.7 Å². The number of benzene rings is 2. The first-order valence-electron chi connectivity index (χ1n) is 10.3. The van der Waals surface area contributed by atoms with Gasteiger partial charge in [0.25, 0.3) is 5.79 Å². The van der Waals surface area contributed by atoms with Gasteiger partial charge in [0.1, 0.15) is 22.5 Å². The van der Waals surface area contributed by atoms with Crippen LogP contribution in [0.4, 0.5) is 0 Å². The quantitative estimate of drug-likeness (QED) is 0.417. The Labute approximate surface area is 188 Å². The van der Waals surface area contributed by atoms with Gasteiger partial charge in [0.2, 0.25) is 0 Å². The first-order valence-corrected chi connectivity index (χ1v) is 11.0.